The van der Waals surface area contributed by atoms with Crippen LogP contribution in [0.25, 0.3) is 0 Å². The molecule has 0 radical (unpaired) electrons. The molecule has 6 nitrogen and oxygen atoms in total. The van der Waals surface area contributed by atoms with E-state index in [2.05, 4.69) is 12.1 Å². The second kappa shape index (κ2) is 9.90. The number of imide groups is 1. The molecule has 1 heterocycles. The first-order valence-corrected chi connectivity index (χ1v) is 12.3. The Labute approximate surface area is 209 Å². The highest BCUT2D eigenvalue weighted by Gasteiger charge is 2.50. The van der Waals surface area contributed by atoms with Gasteiger partial charge in [-0.15, -0.1) is 0 Å². The summed E-state index contributed by atoms with van der Waals surface area (Å²) in [5.74, 6) is -1.88. The molecule has 3 aromatic rings. The highest BCUT2D eigenvalue weighted by atomic mass is 16.5. The maximum absolute atomic E-state index is 13.4. The molecule has 6 heteroatoms. The van der Waals surface area contributed by atoms with Crippen LogP contribution in [0, 0.1) is 11.8 Å². The largest absolute Gasteiger partial charge is 0.451 e. The highest BCUT2D eigenvalue weighted by Crippen LogP contribution is 2.45. The van der Waals surface area contributed by atoms with Crippen LogP contribution < -0.4 is 4.90 Å². The molecule has 4 atom stereocenters. The third-order valence-corrected chi connectivity index (χ3v) is 7.25. The van der Waals surface area contributed by atoms with Crippen molar-refractivity contribution in [2.45, 2.75) is 38.2 Å². The van der Waals surface area contributed by atoms with Crippen LogP contribution in [-0.4, -0.2) is 29.7 Å². The van der Waals surface area contributed by atoms with Gasteiger partial charge < -0.3 is 4.74 Å². The lowest BCUT2D eigenvalue weighted by molar-refractivity contribution is -0.122. The van der Waals surface area contributed by atoms with E-state index in [1.54, 1.807) is 48.5 Å². The third-order valence-electron chi connectivity index (χ3n) is 7.25. The Morgan fingerprint density at radius 2 is 1.44 bits per heavy atom. The summed E-state index contributed by atoms with van der Waals surface area (Å²) in [4.78, 5) is 53.2. The Bertz CT molecular complexity index is 1300. The minimum atomic E-state index is -0.976. The molecule has 1 saturated carbocycles. The van der Waals surface area contributed by atoms with Crippen LogP contribution in [0.15, 0.2) is 84.9 Å². The van der Waals surface area contributed by atoms with Crippen molar-refractivity contribution in [3.63, 3.8) is 0 Å². The molecule has 1 aliphatic heterocycles. The van der Waals surface area contributed by atoms with E-state index in [1.165, 1.54) is 23.5 Å². The number of hydrogen-bond acceptors (Lipinski definition) is 5. The molecular weight excluding hydrogens is 454 g/mol. The Morgan fingerprint density at radius 1 is 0.806 bits per heavy atom. The molecule has 0 bridgehead atoms. The van der Waals surface area contributed by atoms with Gasteiger partial charge in [0.15, 0.2) is 6.10 Å². The van der Waals surface area contributed by atoms with Gasteiger partial charge in [0.25, 0.3) is 0 Å². The predicted octanol–water partition coefficient (Wildman–Crippen LogP) is 5.19. The highest BCUT2D eigenvalue weighted by molar-refractivity contribution is 6.22. The van der Waals surface area contributed by atoms with Gasteiger partial charge in [0, 0.05) is 5.56 Å². The lowest BCUT2D eigenvalue weighted by Crippen LogP contribution is -2.31. The van der Waals surface area contributed by atoms with Gasteiger partial charge in [-0.2, -0.15) is 0 Å². The third kappa shape index (κ3) is 4.47. The number of carbonyl (C=O) groups is 4. The van der Waals surface area contributed by atoms with Gasteiger partial charge >= 0.3 is 5.97 Å². The average Bonchev–Trinajstić information content (AvgIpc) is 3.18. The number of ketones is 1. The first-order chi connectivity index (χ1) is 17.4. The number of carbonyl (C=O) groups excluding carboxylic acids is 4. The quantitative estimate of drug-likeness (QED) is 0.275. The van der Waals surface area contributed by atoms with Crippen LogP contribution in [0.1, 0.15) is 58.4 Å². The van der Waals surface area contributed by atoms with E-state index in [-0.39, 0.29) is 40.9 Å². The van der Waals surface area contributed by atoms with Crippen molar-refractivity contribution in [3.05, 3.63) is 102 Å². The molecule has 0 aromatic heterocycles. The Kier molecular flexibility index (Phi) is 6.51. The SMILES string of the molecule is C[C@H](OC(=O)c1cccc(N2C(=O)[C@H]3CC[C@H](c4ccccc4)C[C@@H]3C2=O)c1)C(=O)c1ccccc1. The normalized spacial score (nSPS) is 22.1. The Hall–Kier alpha value is -4.06. The number of esters is 1. The van der Waals surface area contributed by atoms with Gasteiger partial charge in [-0.05, 0) is 55.9 Å². The number of fused-ring (bicyclic) bond motifs is 1. The summed E-state index contributed by atoms with van der Waals surface area (Å²) in [6.07, 6.45) is 1.18. The second-order valence-electron chi connectivity index (χ2n) is 9.47. The average molecular weight is 482 g/mol. The molecule has 0 N–H and O–H groups in total. The van der Waals surface area contributed by atoms with E-state index in [0.717, 1.165) is 6.42 Å². The van der Waals surface area contributed by atoms with E-state index >= 15 is 0 Å². The number of anilines is 1. The minimum Gasteiger partial charge on any atom is -0.451 e. The first kappa shape index (κ1) is 23.7. The number of ether oxygens (including phenoxy) is 1. The fraction of sp³-hybridized carbons (Fsp3) is 0.267. The number of nitrogens with zero attached hydrogens (tertiary/aromatic N) is 1. The second-order valence-corrected chi connectivity index (χ2v) is 9.47. The van der Waals surface area contributed by atoms with Gasteiger partial charge in [-0.3, -0.25) is 19.3 Å². The van der Waals surface area contributed by atoms with E-state index < -0.39 is 12.1 Å². The fourth-order valence-corrected chi connectivity index (χ4v) is 5.35. The molecule has 2 amide bonds. The summed E-state index contributed by atoms with van der Waals surface area (Å²) in [5.41, 5.74) is 2.18. The molecule has 182 valence electrons. The van der Waals surface area contributed by atoms with Crippen molar-refractivity contribution >= 4 is 29.3 Å². The molecular formula is C30H27NO5. The smallest absolute Gasteiger partial charge is 0.338 e. The maximum atomic E-state index is 13.4. The van der Waals surface area contributed by atoms with Crippen LogP contribution >= 0.6 is 0 Å². The van der Waals surface area contributed by atoms with Crippen LogP contribution in [0.2, 0.25) is 0 Å². The minimum absolute atomic E-state index is 0.179. The zero-order valence-corrected chi connectivity index (χ0v) is 20.0. The van der Waals surface area contributed by atoms with E-state index in [1.807, 2.05) is 18.2 Å². The molecule has 1 aliphatic carbocycles. The number of Topliss-reactive ketones (excluding diaryl/α,β-unsaturated/α-hetero) is 1. The zero-order chi connectivity index (χ0) is 25.2. The standard InChI is InChI=1S/C30H27NO5/c1-19(27(32)21-11-6-3-7-12-21)36-30(35)23-13-8-14-24(17-23)31-28(33)25-16-15-22(18-26(25)29(31)34)20-9-4-2-5-10-20/h2-14,17,19,22,25-26H,15-16,18H2,1H3/t19-,22-,25-,26-/m0/s1. The molecule has 5 rings (SSSR count). The van der Waals surface area contributed by atoms with Gasteiger partial charge in [0.2, 0.25) is 17.6 Å². The molecule has 2 fully saturated rings. The van der Waals surface area contributed by atoms with E-state index in [9.17, 15) is 19.2 Å². The van der Waals surface area contributed by atoms with Crippen LogP contribution in [0.3, 0.4) is 0 Å². The number of benzene rings is 3. The maximum Gasteiger partial charge on any atom is 0.338 e. The molecule has 1 saturated heterocycles. The Balaban J connectivity index is 1.31. The van der Waals surface area contributed by atoms with Crippen molar-refractivity contribution in [2.75, 3.05) is 4.90 Å². The zero-order valence-electron chi connectivity index (χ0n) is 20.0. The van der Waals surface area contributed by atoms with Gasteiger partial charge in [-0.1, -0.05) is 66.7 Å². The lowest BCUT2D eigenvalue weighted by atomic mass is 9.73. The molecule has 2 aliphatic rings. The summed E-state index contributed by atoms with van der Waals surface area (Å²) in [7, 11) is 0. The van der Waals surface area contributed by atoms with Crippen LogP contribution in [0.5, 0.6) is 0 Å². The van der Waals surface area contributed by atoms with Gasteiger partial charge in [0.05, 0.1) is 23.1 Å². The number of amides is 2. The van der Waals surface area contributed by atoms with Crippen LogP contribution in [-0.2, 0) is 14.3 Å². The van der Waals surface area contributed by atoms with Gasteiger partial charge in [-0.25, -0.2) is 4.79 Å². The molecule has 36 heavy (non-hydrogen) atoms. The molecule has 3 aromatic carbocycles. The molecule has 0 spiro atoms. The monoisotopic (exact) mass is 481 g/mol. The number of hydrogen-bond donors (Lipinski definition) is 0. The van der Waals surface area contributed by atoms with Crippen molar-refractivity contribution in [3.8, 4) is 0 Å². The van der Waals surface area contributed by atoms with E-state index in [0.29, 0.717) is 24.1 Å². The van der Waals surface area contributed by atoms with Crippen molar-refractivity contribution in [1.29, 1.82) is 0 Å². The topological polar surface area (TPSA) is 80.8 Å². The van der Waals surface area contributed by atoms with Crippen molar-refractivity contribution in [1.82, 2.24) is 0 Å². The van der Waals surface area contributed by atoms with Crippen molar-refractivity contribution in [2.24, 2.45) is 11.8 Å². The summed E-state index contributed by atoms with van der Waals surface area (Å²) in [6, 6.07) is 25.0. The molecule has 0 unspecified atom stereocenters. The predicted molar refractivity (Wildman–Crippen MR) is 135 cm³/mol. The first-order valence-electron chi connectivity index (χ1n) is 12.3. The van der Waals surface area contributed by atoms with Crippen LogP contribution in [0.4, 0.5) is 5.69 Å². The number of rotatable bonds is 6. The summed E-state index contributed by atoms with van der Waals surface area (Å²) < 4.78 is 5.40. The summed E-state index contributed by atoms with van der Waals surface area (Å²) in [6.45, 7) is 1.53. The van der Waals surface area contributed by atoms with E-state index in [4.69, 9.17) is 4.74 Å². The lowest BCUT2D eigenvalue weighted by Gasteiger charge is -2.28. The Morgan fingerprint density at radius 3 is 2.17 bits per heavy atom. The van der Waals surface area contributed by atoms with Crippen molar-refractivity contribution < 1.29 is 23.9 Å². The fourth-order valence-electron chi connectivity index (χ4n) is 5.35. The summed E-state index contributed by atoms with van der Waals surface area (Å²) >= 11 is 0. The van der Waals surface area contributed by atoms with Gasteiger partial charge in [0.1, 0.15) is 0 Å². The summed E-state index contributed by atoms with van der Waals surface area (Å²) in [5, 5.41) is 0.